The number of nitrogens with one attached hydrogen (secondary N) is 1. The van der Waals surface area contributed by atoms with Crippen LogP contribution in [0.5, 0.6) is 11.5 Å². The number of phenols is 2. The number of hydrogen-bond donors (Lipinski definition) is 4. The van der Waals surface area contributed by atoms with E-state index in [1.807, 2.05) is 0 Å². The molecule has 9 nitrogen and oxygen atoms in total. The molecule has 0 radical (unpaired) electrons. The summed E-state index contributed by atoms with van der Waals surface area (Å²) in [5, 5.41) is 26.4. The molecule has 0 aliphatic carbocycles. The number of hydrogen-bond acceptors (Lipinski definition) is 8. The van der Waals surface area contributed by atoms with Crippen molar-refractivity contribution in [3.05, 3.63) is 53.8 Å². The molecule has 27 heavy (non-hydrogen) atoms. The van der Waals surface area contributed by atoms with Gasteiger partial charge in [-0.25, -0.2) is 4.39 Å². The molecule has 0 atom stereocenters. The maximum atomic E-state index is 13.0. The van der Waals surface area contributed by atoms with E-state index in [9.17, 15) is 14.6 Å². The van der Waals surface area contributed by atoms with Crippen LogP contribution in [0.3, 0.4) is 0 Å². The Morgan fingerprint density at radius 3 is 2.41 bits per heavy atom. The summed E-state index contributed by atoms with van der Waals surface area (Å²) in [6.07, 6.45) is 0. The average Bonchev–Trinajstić information content (AvgIpc) is 3.05. The Morgan fingerprint density at radius 2 is 1.70 bits per heavy atom. The highest BCUT2D eigenvalue weighted by molar-refractivity contribution is 5.62. The summed E-state index contributed by atoms with van der Waals surface area (Å²) < 4.78 is 14.2. The predicted molar refractivity (Wildman–Crippen MR) is 95.5 cm³/mol. The van der Waals surface area contributed by atoms with Crippen LogP contribution < -0.4 is 11.1 Å². The third-order valence-corrected chi connectivity index (χ3v) is 3.76. The van der Waals surface area contributed by atoms with Crippen molar-refractivity contribution in [2.75, 3.05) is 11.1 Å². The first-order valence-electron chi connectivity index (χ1n) is 7.90. The zero-order chi connectivity index (χ0) is 19.0. The van der Waals surface area contributed by atoms with Crippen molar-refractivity contribution in [1.29, 1.82) is 0 Å². The van der Waals surface area contributed by atoms with Gasteiger partial charge in [-0.1, -0.05) is 12.1 Å². The third kappa shape index (κ3) is 3.40. The van der Waals surface area contributed by atoms with E-state index in [1.165, 1.54) is 34.8 Å². The topological polar surface area (TPSA) is 134 Å². The standard InChI is InChI=1S/C17H14FN7O2/c18-11-3-1-9(2-4-11)8-20-16-22-15(19)25-17(23-16)21-14(24-25)10-5-12(26)7-13(27)6-10/h1-7,26-27H,8H2,(H3,19,20,21,22,23,24). The highest BCUT2D eigenvalue weighted by Gasteiger charge is 2.13. The first-order valence-corrected chi connectivity index (χ1v) is 7.90. The van der Waals surface area contributed by atoms with Crippen LogP contribution in [-0.4, -0.2) is 34.8 Å². The molecule has 0 saturated carbocycles. The van der Waals surface area contributed by atoms with E-state index in [0.717, 1.165) is 5.56 Å². The lowest BCUT2D eigenvalue weighted by Gasteiger charge is -2.05. The first-order chi connectivity index (χ1) is 13.0. The van der Waals surface area contributed by atoms with Crippen molar-refractivity contribution in [2.45, 2.75) is 6.54 Å². The summed E-state index contributed by atoms with van der Waals surface area (Å²) in [5.41, 5.74) is 7.16. The van der Waals surface area contributed by atoms with E-state index >= 15 is 0 Å². The molecule has 0 aliphatic rings. The van der Waals surface area contributed by atoms with E-state index in [2.05, 4.69) is 25.4 Å². The Hall–Kier alpha value is -3.95. The Labute approximate surface area is 152 Å². The summed E-state index contributed by atoms with van der Waals surface area (Å²) in [6.45, 7) is 0.372. The fourth-order valence-electron chi connectivity index (χ4n) is 2.51. The quantitative estimate of drug-likeness (QED) is 0.430. The van der Waals surface area contributed by atoms with Crippen molar-refractivity contribution in [2.24, 2.45) is 0 Å². The number of fused-ring (bicyclic) bond motifs is 1. The van der Waals surface area contributed by atoms with Gasteiger partial charge in [-0.15, -0.1) is 5.10 Å². The van der Waals surface area contributed by atoms with Gasteiger partial charge in [-0.2, -0.15) is 19.5 Å². The minimum atomic E-state index is -0.311. The van der Waals surface area contributed by atoms with E-state index in [0.29, 0.717) is 12.1 Å². The monoisotopic (exact) mass is 367 g/mol. The number of benzene rings is 2. The minimum Gasteiger partial charge on any atom is -0.508 e. The molecule has 2 aromatic heterocycles. The number of nitrogens with zero attached hydrogens (tertiary/aromatic N) is 5. The minimum absolute atomic E-state index is 0.0599. The zero-order valence-corrected chi connectivity index (χ0v) is 13.8. The highest BCUT2D eigenvalue weighted by atomic mass is 19.1. The largest absolute Gasteiger partial charge is 0.508 e. The van der Waals surface area contributed by atoms with Gasteiger partial charge >= 0.3 is 0 Å². The van der Waals surface area contributed by atoms with Crippen molar-refractivity contribution in [3.63, 3.8) is 0 Å². The van der Waals surface area contributed by atoms with Crippen LogP contribution in [0.4, 0.5) is 16.3 Å². The second-order valence-corrected chi connectivity index (χ2v) is 5.77. The lowest BCUT2D eigenvalue weighted by atomic mass is 10.2. The molecule has 5 N–H and O–H groups in total. The number of rotatable bonds is 4. The summed E-state index contributed by atoms with van der Waals surface area (Å²) in [4.78, 5) is 12.6. The molecule has 0 fully saturated rings. The molecule has 4 rings (SSSR count). The lowest BCUT2D eigenvalue weighted by molar-refractivity contribution is 0.451. The van der Waals surface area contributed by atoms with Gasteiger partial charge in [0.15, 0.2) is 5.82 Å². The van der Waals surface area contributed by atoms with Gasteiger partial charge in [0.05, 0.1) is 0 Å². The molecule has 0 bridgehead atoms. The molecule has 2 aromatic carbocycles. The van der Waals surface area contributed by atoms with E-state index < -0.39 is 0 Å². The summed E-state index contributed by atoms with van der Waals surface area (Å²) in [5.74, 6) is 0.162. The van der Waals surface area contributed by atoms with Crippen LogP contribution in [0, 0.1) is 5.82 Å². The van der Waals surface area contributed by atoms with E-state index in [-0.39, 0.29) is 40.8 Å². The third-order valence-electron chi connectivity index (χ3n) is 3.76. The smallest absolute Gasteiger partial charge is 0.259 e. The summed E-state index contributed by atoms with van der Waals surface area (Å²) in [6, 6.07) is 10.0. The molecule has 0 unspecified atom stereocenters. The molecular formula is C17H14FN7O2. The first kappa shape index (κ1) is 16.5. The number of aromatic hydroxyl groups is 2. The van der Waals surface area contributed by atoms with Gasteiger partial charge in [-0.3, -0.25) is 0 Å². The SMILES string of the molecule is Nc1nc(NCc2ccc(F)cc2)nc2nc(-c3cc(O)cc(O)c3)nn12. The molecule has 10 heteroatoms. The number of nitrogens with two attached hydrogens (primary N) is 1. The molecule has 0 amide bonds. The van der Waals surface area contributed by atoms with E-state index in [4.69, 9.17) is 5.73 Å². The van der Waals surface area contributed by atoms with Gasteiger partial charge in [-0.05, 0) is 29.8 Å². The summed E-state index contributed by atoms with van der Waals surface area (Å²) in [7, 11) is 0. The lowest BCUT2D eigenvalue weighted by Crippen LogP contribution is -2.09. The average molecular weight is 367 g/mol. The Morgan fingerprint density at radius 1 is 1.00 bits per heavy atom. The molecule has 2 heterocycles. The van der Waals surface area contributed by atoms with Crippen LogP contribution in [0.2, 0.25) is 0 Å². The second-order valence-electron chi connectivity index (χ2n) is 5.77. The normalized spacial score (nSPS) is 11.0. The van der Waals surface area contributed by atoms with Gasteiger partial charge in [0.1, 0.15) is 17.3 Å². The van der Waals surface area contributed by atoms with Crippen LogP contribution in [0.1, 0.15) is 5.56 Å². The Bertz CT molecular complexity index is 1110. The van der Waals surface area contributed by atoms with Gasteiger partial charge < -0.3 is 21.3 Å². The van der Waals surface area contributed by atoms with Crippen molar-refractivity contribution >= 4 is 17.7 Å². The second kappa shape index (κ2) is 6.41. The molecule has 136 valence electrons. The van der Waals surface area contributed by atoms with Gasteiger partial charge in [0, 0.05) is 18.2 Å². The zero-order valence-electron chi connectivity index (χ0n) is 13.8. The molecule has 0 aliphatic heterocycles. The number of aromatic nitrogens is 5. The molecule has 0 spiro atoms. The fraction of sp³-hybridized carbons (Fsp3) is 0.0588. The maximum Gasteiger partial charge on any atom is 0.259 e. The van der Waals surface area contributed by atoms with Gasteiger partial charge in [0.25, 0.3) is 5.78 Å². The van der Waals surface area contributed by atoms with Crippen LogP contribution >= 0.6 is 0 Å². The molecule has 0 saturated heterocycles. The van der Waals surface area contributed by atoms with Gasteiger partial charge in [0.2, 0.25) is 11.9 Å². The summed E-state index contributed by atoms with van der Waals surface area (Å²) >= 11 is 0. The van der Waals surface area contributed by atoms with Crippen LogP contribution in [0.25, 0.3) is 17.2 Å². The van der Waals surface area contributed by atoms with Crippen molar-refractivity contribution in [1.82, 2.24) is 24.6 Å². The van der Waals surface area contributed by atoms with Crippen molar-refractivity contribution < 1.29 is 14.6 Å². The predicted octanol–water partition coefficient (Wildman–Crippen LogP) is 1.93. The fourth-order valence-corrected chi connectivity index (χ4v) is 2.51. The number of nitrogen functional groups attached to an aromatic ring is 1. The molecular weight excluding hydrogens is 353 g/mol. The molecule has 4 aromatic rings. The highest BCUT2D eigenvalue weighted by Crippen LogP contribution is 2.27. The van der Waals surface area contributed by atoms with Crippen LogP contribution in [0.15, 0.2) is 42.5 Å². The number of anilines is 2. The maximum absolute atomic E-state index is 13.0. The van der Waals surface area contributed by atoms with Crippen molar-refractivity contribution in [3.8, 4) is 22.9 Å². The number of phenolic OH excluding ortho intramolecular Hbond substituents is 2. The van der Waals surface area contributed by atoms with E-state index in [1.54, 1.807) is 12.1 Å². The Kier molecular flexibility index (Phi) is 3.92. The van der Waals surface area contributed by atoms with Crippen LogP contribution in [-0.2, 0) is 6.54 Å². The Balaban J connectivity index is 1.64. The number of halogens is 1.